The monoisotopic (exact) mass is 332 g/mol. The van der Waals surface area contributed by atoms with E-state index in [0.717, 1.165) is 5.69 Å². The molecule has 1 N–H and O–H groups in total. The molecular formula is C14H15Cl3N2O. The highest BCUT2D eigenvalue weighted by Crippen LogP contribution is 2.38. The van der Waals surface area contributed by atoms with Crippen LogP contribution in [0.5, 0.6) is 0 Å². The van der Waals surface area contributed by atoms with E-state index in [1.54, 1.807) is 29.9 Å². The Hall–Kier alpha value is -0.740. The van der Waals surface area contributed by atoms with Crippen LogP contribution >= 0.6 is 34.8 Å². The van der Waals surface area contributed by atoms with Crippen LogP contribution in [0.25, 0.3) is 0 Å². The van der Waals surface area contributed by atoms with Gasteiger partial charge in [-0.05, 0) is 12.0 Å². The summed E-state index contributed by atoms with van der Waals surface area (Å²) in [4.78, 5) is 0. The van der Waals surface area contributed by atoms with E-state index in [4.69, 9.17) is 34.8 Å². The molecule has 1 aromatic carbocycles. The second-order valence-electron chi connectivity index (χ2n) is 4.91. The molecule has 0 saturated heterocycles. The van der Waals surface area contributed by atoms with Gasteiger partial charge in [0.1, 0.15) is 11.3 Å². The first-order chi connectivity index (χ1) is 9.34. The summed E-state index contributed by atoms with van der Waals surface area (Å²) in [5.41, 5.74) is 1.85. The highest BCUT2D eigenvalue weighted by atomic mass is 35.5. The Morgan fingerprint density at radius 1 is 1.20 bits per heavy atom. The van der Waals surface area contributed by atoms with Crippen LogP contribution in [-0.4, -0.2) is 14.9 Å². The van der Waals surface area contributed by atoms with E-state index in [2.05, 4.69) is 5.10 Å². The lowest BCUT2D eigenvalue weighted by atomic mass is 9.97. The molecule has 0 aliphatic rings. The third kappa shape index (κ3) is 2.68. The molecule has 1 atom stereocenters. The van der Waals surface area contributed by atoms with Gasteiger partial charge in [-0.3, -0.25) is 4.68 Å². The molecule has 0 spiro atoms. The third-order valence-corrected chi connectivity index (χ3v) is 4.42. The highest BCUT2D eigenvalue weighted by Gasteiger charge is 2.26. The molecule has 2 aromatic rings. The number of hydrogen-bond donors (Lipinski definition) is 1. The molecule has 0 radical (unpaired) electrons. The van der Waals surface area contributed by atoms with E-state index in [1.807, 2.05) is 13.8 Å². The van der Waals surface area contributed by atoms with Gasteiger partial charge >= 0.3 is 0 Å². The number of halogens is 3. The average Bonchev–Trinajstić information content (AvgIpc) is 2.69. The number of aliphatic hydroxyl groups excluding tert-OH is 1. The van der Waals surface area contributed by atoms with Gasteiger partial charge in [-0.1, -0.05) is 60.8 Å². The summed E-state index contributed by atoms with van der Waals surface area (Å²) in [6.45, 7) is 3.99. The molecule has 108 valence electrons. The number of benzene rings is 1. The van der Waals surface area contributed by atoms with Crippen molar-refractivity contribution in [1.82, 2.24) is 9.78 Å². The molecule has 1 heterocycles. The molecule has 3 nitrogen and oxygen atoms in total. The molecule has 0 aliphatic heterocycles. The first-order valence-electron chi connectivity index (χ1n) is 6.18. The normalized spacial score (nSPS) is 13.0. The van der Waals surface area contributed by atoms with Crippen molar-refractivity contribution in [3.05, 3.63) is 50.2 Å². The Bertz CT molecular complexity index is 638. The van der Waals surface area contributed by atoms with Gasteiger partial charge < -0.3 is 5.11 Å². The van der Waals surface area contributed by atoms with E-state index in [0.29, 0.717) is 26.3 Å². The molecule has 0 fully saturated rings. The van der Waals surface area contributed by atoms with Gasteiger partial charge in [-0.15, -0.1) is 0 Å². The SMILES string of the molecule is CC(C)c1nn(C)c(Cl)c1C(O)c1cccc(Cl)c1Cl. The Kier molecular flexibility index (Phi) is 4.65. The lowest BCUT2D eigenvalue weighted by molar-refractivity contribution is 0.219. The van der Waals surface area contributed by atoms with Crippen LogP contribution in [0.3, 0.4) is 0 Å². The fourth-order valence-electron chi connectivity index (χ4n) is 2.11. The van der Waals surface area contributed by atoms with Crippen LogP contribution in [0.4, 0.5) is 0 Å². The second kappa shape index (κ2) is 5.94. The lowest BCUT2D eigenvalue weighted by Gasteiger charge is -2.15. The molecule has 0 amide bonds. The average molecular weight is 334 g/mol. The van der Waals surface area contributed by atoms with Gasteiger partial charge in [0.2, 0.25) is 0 Å². The predicted molar refractivity (Wildman–Crippen MR) is 82.8 cm³/mol. The van der Waals surface area contributed by atoms with Crippen molar-refractivity contribution < 1.29 is 5.11 Å². The Balaban J connectivity index is 2.59. The van der Waals surface area contributed by atoms with Crippen molar-refractivity contribution in [2.45, 2.75) is 25.9 Å². The number of hydrogen-bond acceptors (Lipinski definition) is 2. The summed E-state index contributed by atoms with van der Waals surface area (Å²) < 4.78 is 1.55. The molecule has 2 rings (SSSR count). The molecule has 0 saturated carbocycles. The molecule has 6 heteroatoms. The Morgan fingerprint density at radius 3 is 2.45 bits per heavy atom. The van der Waals surface area contributed by atoms with E-state index >= 15 is 0 Å². The van der Waals surface area contributed by atoms with E-state index in [9.17, 15) is 5.11 Å². The van der Waals surface area contributed by atoms with Crippen LogP contribution < -0.4 is 0 Å². The van der Waals surface area contributed by atoms with E-state index < -0.39 is 6.10 Å². The maximum Gasteiger partial charge on any atom is 0.133 e. The number of rotatable bonds is 3. The van der Waals surface area contributed by atoms with Gasteiger partial charge in [-0.25, -0.2) is 0 Å². The van der Waals surface area contributed by atoms with Gasteiger partial charge in [0, 0.05) is 18.2 Å². The number of aromatic nitrogens is 2. The van der Waals surface area contributed by atoms with Gasteiger partial charge in [-0.2, -0.15) is 5.10 Å². The zero-order valence-corrected chi connectivity index (χ0v) is 13.6. The Morgan fingerprint density at radius 2 is 1.85 bits per heavy atom. The van der Waals surface area contributed by atoms with Gasteiger partial charge in [0.15, 0.2) is 0 Å². The standard InChI is InChI=1S/C14H15Cl3N2O/c1-7(2)12-10(14(17)19(3)18-12)13(20)8-5-4-6-9(15)11(8)16/h4-7,13,20H,1-3H3. The third-order valence-electron chi connectivity index (χ3n) is 3.14. The lowest BCUT2D eigenvalue weighted by Crippen LogP contribution is -2.05. The van der Waals surface area contributed by atoms with E-state index in [-0.39, 0.29) is 5.92 Å². The van der Waals surface area contributed by atoms with Crippen LogP contribution in [0.2, 0.25) is 15.2 Å². The van der Waals surface area contributed by atoms with Crippen molar-refractivity contribution in [1.29, 1.82) is 0 Å². The van der Waals surface area contributed by atoms with Crippen molar-refractivity contribution in [3.63, 3.8) is 0 Å². The molecule has 20 heavy (non-hydrogen) atoms. The van der Waals surface area contributed by atoms with Crippen molar-refractivity contribution in [2.24, 2.45) is 7.05 Å². The smallest absolute Gasteiger partial charge is 0.133 e. The minimum atomic E-state index is -0.959. The quantitative estimate of drug-likeness (QED) is 0.892. The summed E-state index contributed by atoms with van der Waals surface area (Å²) in [7, 11) is 1.74. The fraction of sp³-hybridized carbons (Fsp3) is 0.357. The molecule has 0 bridgehead atoms. The van der Waals surface area contributed by atoms with Crippen molar-refractivity contribution in [3.8, 4) is 0 Å². The predicted octanol–water partition coefficient (Wildman–Crippen LogP) is 4.59. The minimum absolute atomic E-state index is 0.135. The summed E-state index contributed by atoms with van der Waals surface area (Å²) in [5.74, 6) is 0.135. The molecular weight excluding hydrogens is 319 g/mol. The topological polar surface area (TPSA) is 38.0 Å². The zero-order chi connectivity index (χ0) is 15.0. The van der Waals surface area contributed by atoms with Crippen LogP contribution in [-0.2, 0) is 7.05 Å². The second-order valence-corrected chi connectivity index (χ2v) is 6.06. The zero-order valence-electron chi connectivity index (χ0n) is 11.4. The van der Waals surface area contributed by atoms with Gasteiger partial charge in [0.05, 0.1) is 15.7 Å². The van der Waals surface area contributed by atoms with E-state index in [1.165, 1.54) is 0 Å². The van der Waals surface area contributed by atoms with Crippen LogP contribution in [0.15, 0.2) is 18.2 Å². The fourth-order valence-corrected chi connectivity index (χ4v) is 2.76. The first-order valence-corrected chi connectivity index (χ1v) is 7.32. The summed E-state index contributed by atoms with van der Waals surface area (Å²) in [6, 6.07) is 5.15. The number of aryl methyl sites for hydroxylation is 1. The maximum atomic E-state index is 10.6. The summed E-state index contributed by atoms with van der Waals surface area (Å²) in [5, 5.41) is 16.1. The first kappa shape index (κ1) is 15.6. The van der Waals surface area contributed by atoms with Crippen molar-refractivity contribution >= 4 is 34.8 Å². The minimum Gasteiger partial charge on any atom is -0.383 e. The molecule has 1 aromatic heterocycles. The van der Waals surface area contributed by atoms with Gasteiger partial charge in [0.25, 0.3) is 0 Å². The van der Waals surface area contributed by atoms with Crippen LogP contribution in [0.1, 0.15) is 42.7 Å². The number of aliphatic hydroxyl groups is 1. The van der Waals surface area contributed by atoms with Crippen molar-refractivity contribution in [2.75, 3.05) is 0 Å². The van der Waals surface area contributed by atoms with Crippen LogP contribution in [0, 0.1) is 0 Å². The largest absolute Gasteiger partial charge is 0.383 e. The summed E-state index contributed by atoms with van der Waals surface area (Å²) >= 11 is 18.4. The maximum absolute atomic E-state index is 10.6. The highest BCUT2D eigenvalue weighted by molar-refractivity contribution is 6.42. The number of nitrogens with zero attached hydrogens (tertiary/aromatic N) is 2. The summed E-state index contributed by atoms with van der Waals surface area (Å²) in [6.07, 6.45) is -0.959. The Labute approximate surface area is 133 Å². The molecule has 1 unspecified atom stereocenters. The molecule has 0 aliphatic carbocycles.